The summed E-state index contributed by atoms with van der Waals surface area (Å²) in [5, 5.41) is 0.571. The Morgan fingerprint density at radius 2 is 1.94 bits per heavy atom. The molecule has 0 amide bonds. The topological polar surface area (TPSA) is 53.7 Å². The average Bonchev–Trinajstić information content (AvgIpc) is 2.35. The van der Waals surface area contributed by atoms with Crippen LogP contribution in [0.1, 0.15) is 18.5 Å². The Morgan fingerprint density at radius 1 is 1.22 bits per heavy atom. The maximum Gasteiger partial charge on any atom is 0.138 e. The summed E-state index contributed by atoms with van der Waals surface area (Å²) in [4.78, 5) is 0. The highest BCUT2D eigenvalue weighted by Gasteiger charge is 2.05. The first-order valence-corrected chi connectivity index (χ1v) is 6.27. The first-order valence-electron chi connectivity index (χ1n) is 5.89. The van der Waals surface area contributed by atoms with E-state index >= 15 is 0 Å². The maximum atomic E-state index is 6.09. The van der Waals surface area contributed by atoms with Crippen LogP contribution in [0.3, 0.4) is 0 Å². The van der Waals surface area contributed by atoms with E-state index in [4.69, 9.17) is 31.5 Å². The first kappa shape index (κ1) is 15.2. The van der Waals surface area contributed by atoms with Crippen molar-refractivity contribution in [3.8, 4) is 5.75 Å². The molecular weight excluding hydrogens is 254 g/mol. The molecule has 0 spiro atoms. The molecule has 1 rings (SSSR count). The second-order valence-corrected chi connectivity index (χ2v) is 4.34. The predicted octanol–water partition coefficient (Wildman–Crippen LogP) is 2.40. The third-order valence-corrected chi connectivity index (χ3v) is 2.69. The van der Waals surface area contributed by atoms with Crippen LogP contribution in [0.4, 0.5) is 0 Å². The lowest BCUT2D eigenvalue weighted by Gasteiger charge is -2.11. The van der Waals surface area contributed by atoms with Crippen LogP contribution in [0.2, 0.25) is 5.02 Å². The van der Waals surface area contributed by atoms with Gasteiger partial charge in [-0.15, -0.1) is 0 Å². The van der Waals surface area contributed by atoms with Gasteiger partial charge in [-0.05, 0) is 24.6 Å². The summed E-state index contributed by atoms with van der Waals surface area (Å²) in [6, 6.07) is 5.54. The van der Waals surface area contributed by atoms with E-state index < -0.39 is 0 Å². The minimum absolute atomic E-state index is 0.0334. The molecule has 0 radical (unpaired) electrons. The molecule has 0 unspecified atom stereocenters. The molecule has 0 saturated heterocycles. The van der Waals surface area contributed by atoms with Gasteiger partial charge in [-0.2, -0.15) is 0 Å². The molecule has 4 nitrogen and oxygen atoms in total. The summed E-state index contributed by atoms with van der Waals surface area (Å²) < 4.78 is 15.7. The van der Waals surface area contributed by atoms with Gasteiger partial charge in [0.25, 0.3) is 0 Å². The quantitative estimate of drug-likeness (QED) is 0.739. The van der Waals surface area contributed by atoms with Gasteiger partial charge in [0.1, 0.15) is 12.4 Å². The molecule has 0 aliphatic carbocycles. The van der Waals surface area contributed by atoms with Crippen molar-refractivity contribution < 1.29 is 14.2 Å². The van der Waals surface area contributed by atoms with Gasteiger partial charge in [-0.1, -0.05) is 17.7 Å². The minimum Gasteiger partial charge on any atom is -0.490 e. The number of hydrogen-bond acceptors (Lipinski definition) is 4. The smallest absolute Gasteiger partial charge is 0.138 e. The molecular formula is C13H20ClNO3. The van der Waals surface area contributed by atoms with Crippen molar-refractivity contribution >= 4 is 11.6 Å². The summed E-state index contributed by atoms with van der Waals surface area (Å²) >= 11 is 6.09. The lowest BCUT2D eigenvalue weighted by molar-refractivity contribution is 0.0544. The van der Waals surface area contributed by atoms with Gasteiger partial charge in [0.15, 0.2) is 0 Å². The second kappa shape index (κ2) is 8.32. The molecule has 5 heteroatoms. The highest BCUT2D eigenvalue weighted by atomic mass is 35.5. The fourth-order valence-corrected chi connectivity index (χ4v) is 1.62. The Bertz CT molecular complexity index is 358. The van der Waals surface area contributed by atoms with Crippen LogP contribution in [-0.4, -0.2) is 33.5 Å². The van der Waals surface area contributed by atoms with E-state index in [1.807, 2.05) is 25.1 Å². The van der Waals surface area contributed by atoms with Crippen LogP contribution in [0.25, 0.3) is 0 Å². The first-order chi connectivity index (χ1) is 8.65. The Balaban J connectivity index is 2.34. The van der Waals surface area contributed by atoms with Crippen LogP contribution >= 0.6 is 11.6 Å². The number of rotatable bonds is 8. The molecule has 1 aromatic carbocycles. The molecule has 18 heavy (non-hydrogen) atoms. The zero-order valence-corrected chi connectivity index (χ0v) is 11.6. The molecule has 1 aromatic rings. The largest absolute Gasteiger partial charge is 0.490 e. The predicted molar refractivity (Wildman–Crippen MR) is 72.2 cm³/mol. The van der Waals surface area contributed by atoms with Gasteiger partial charge < -0.3 is 19.9 Å². The van der Waals surface area contributed by atoms with Gasteiger partial charge in [0.05, 0.1) is 24.8 Å². The van der Waals surface area contributed by atoms with Crippen molar-refractivity contribution in [2.24, 2.45) is 5.73 Å². The van der Waals surface area contributed by atoms with E-state index in [0.29, 0.717) is 37.2 Å². The molecule has 0 aliphatic rings. The molecule has 0 saturated carbocycles. The minimum atomic E-state index is -0.0334. The van der Waals surface area contributed by atoms with Gasteiger partial charge in [-0.25, -0.2) is 0 Å². The fourth-order valence-electron chi connectivity index (χ4n) is 1.37. The Hall–Kier alpha value is -0.810. The Labute approximate surface area is 113 Å². The van der Waals surface area contributed by atoms with Crippen LogP contribution in [0.15, 0.2) is 18.2 Å². The second-order valence-electron chi connectivity index (χ2n) is 3.93. The SMILES string of the molecule is COCCOCCOc1ccc([C@H](C)N)cc1Cl. The van der Waals surface area contributed by atoms with Crippen molar-refractivity contribution in [2.45, 2.75) is 13.0 Å². The highest BCUT2D eigenvalue weighted by Crippen LogP contribution is 2.27. The summed E-state index contributed by atoms with van der Waals surface area (Å²) in [6.07, 6.45) is 0. The molecule has 102 valence electrons. The van der Waals surface area contributed by atoms with Crippen LogP contribution in [0, 0.1) is 0 Å². The zero-order chi connectivity index (χ0) is 13.4. The number of hydrogen-bond donors (Lipinski definition) is 1. The highest BCUT2D eigenvalue weighted by molar-refractivity contribution is 6.32. The molecule has 0 aliphatic heterocycles. The van der Waals surface area contributed by atoms with E-state index in [1.54, 1.807) is 7.11 Å². The lowest BCUT2D eigenvalue weighted by Crippen LogP contribution is -2.10. The van der Waals surface area contributed by atoms with Crippen molar-refractivity contribution in [1.82, 2.24) is 0 Å². The number of ether oxygens (including phenoxy) is 3. The Kier molecular flexibility index (Phi) is 7.05. The average molecular weight is 274 g/mol. The third kappa shape index (κ3) is 5.23. The molecule has 0 bridgehead atoms. The van der Waals surface area contributed by atoms with Gasteiger partial charge in [0, 0.05) is 13.2 Å². The monoisotopic (exact) mass is 273 g/mol. The summed E-state index contributed by atoms with van der Waals surface area (Å²) in [5.41, 5.74) is 6.76. The van der Waals surface area contributed by atoms with Crippen molar-refractivity contribution in [3.63, 3.8) is 0 Å². The molecule has 0 aromatic heterocycles. The van der Waals surface area contributed by atoms with E-state index in [1.165, 1.54) is 0 Å². The summed E-state index contributed by atoms with van der Waals surface area (Å²) in [6.45, 7) is 4.03. The summed E-state index contributed by atoms with van der Waals surface area (Å²) in [7, 11) is 1.64. The van der Waals surface area contributed by atoms with Gasteiger partial charge >= 0.3 is 0 Å². The van der Waals surface area contributed by atoms with Crippen molar-refractivity contribution in [1.29, 1.82) is 0 Å². The standard InChI is InChI=1S/C13H20ClNO3/c1-10(15)11-3-4-13(12(14)9-11)18-8-7-17-6-5-16-2/h3-4,9-10H,5-8,15H2,1-2H3/t10-/m0/s1. The molecule has 0 heterocycles. The van der Waals surface area contributed by atoms with Crippen LogP contribution in [-0.2, 0) is 9.47 Å². The number of halogens is 1. The summed E-state index contributed by atoms with van der Waals surface area (Å²) in [5.74, 6) is 0.649. The number of benzene rings is 1. The zero-order valence-electron chi connectivity index (χ0n) is 10.8. The van der Waals surface area contributed by atoms with E-state index in [9.17, 15) is 0 Å². The van der Waals surface area contributed by atoms with Crippen LogP contribution in [0.5, 0.6) is 5.75 Å². The lowest BCUT2D eigenvalue weighted by atomic mass is 10.1. The molecule has 0 fully saturated rings. The van der Waals surface area contributed by atoms with Crippen LogP contribution < -0.4 is 10.5 Å². The maximum absolute atomic E-state index is 6.09. The van der Waals surface area contributed by atoms with E-state index in [-0.39, 0.29) is 6.04 Å². The fraction of sp³-hybridized carbons (Fsp3) is 0.538. The van der Waals surface area contributed by atoms with Gasteiger partial charge in [0.2, 0.25) is 0 Å². The van der Waals surface area contributed by atoms with Gasteiger partial charge in [-0.3, -0.25) is 0 Å². The van der Waals surface area contributed by atoms with Crippen molar-refractivity contribution in [2.75, 3.05) is 33.5 Å². The normalized spacial score (nSPS) is 12.4. The van der Waals surface area contributed by atoms with E-state index in [0.717, 1.165) is 5.56 Å². The number of nitrogens with two attached hydrogens (primary N) is 1. The Morgan fingerprint density at radius 3 is 2.56 bits per heavy atom. The molecule has 2 N–H and O–H groups in total. The van der Waals surface area contributed by atoms with E-state index in [2.05, 4.69) is 0 Å². The van der Waals surface area contributed by atoms with Crippen molar-refractivity contribution in [3.05, 3.63) is 28.8 Å². The molecule has 1 atom stereocenters. The third-order valence-electron chi connectivity index (χ3n) is 2.40. The number of methoxy groups -OCH3 is 1.